The van der Waals surface area contributed by atoms with E-state index in [-0.39, 0.29) is 18.4 Å². The summed E-state index contributed by atoms with van der Waals surface area (Å²) in [6, 6.07) is 18.7. The van der Waals surface area contributed by atoms with E-state index in [4.69, 9.17) is 4.42 Å². The van der Waals surface area contributed by atoms with Crippen LogP contribution in [0.3, 0.4) is 0 Å². The van der Waals surface area contributed by atoms with Crippen molar-refractivity contribution < 1.29 is 14.0 Å². The molecule has 1 aliphatic rings. The summed E-state index contributed by atoms with van der Waals surface area (Å²) in [5.41, 5.74) is 3.10. The van der Waals surface area contributed by atoms with E-state index in [1.54, 1.807) is 11.0 Å². The van der Waals surface area contributed by atoms with E-state index < -0.39 is 0 Å². The fraction of sp³-hybridized carbons (Fsp3) is 0.143. The molecule has 2 aromatic carbocycles. The lowest BCUT2D eigenvalue weighted by atomic mass is 10.1. The van der Waals surface area contributed by atoms with Gasteiger partial charge in [0, 0.05) is 17.7 Å². The largest absolute Gasteiger partial charge is 0.461 e. The predicted molar refractivity (Wildman–Crippen MR) is 98.7 cm³/mol. The van der Waals surface area contributed by atoms with Gasteiger partial charge in [0.05, 0.1) is 5.69 Å². The Morgan fingerprint density at radius 1 is 1.04 bits per heavy atom. The minimum Gasteiger partial charge on any atom is -0.461 e. The van der Waals surface area contributed by atoms with Crippen molar-refractivity contribution in [3.63, 3.8) is 0 Å². The quantitative estimate of drug-likeness (QED) is 0.780. The van der Waals surface area contributed by atoms with E-state index in [1.165, 1.54) is 0 Å². The second-order valence-corrected chi connectivity index (χ2v) is 6.32. The number of carbonyl (C=O) groups is 2. The Morgan fingerprint density at radius 2 is 1.77 bits per heavy atom. The molecule has 2 amide bonds. The standard InChI is InChI=1S/C21H18N2O3/c1-14-10-11-19(26-14)17-8-4-5-9-18(17)22-20(24)13-23-12-15-6-2-3-7-16(15)21(23)25/h2-11H,12-13H2,1H3,(H,22,24). The van der Waals surface area contributed by atoms with Gasteiger partial charge in [-0.05, 0) is 42.8 Å². The van der Waals surface area contributed by atoms with E-state index in [0.29, 0.717) is 23.6 Å². The van der Waals surface area contributed by atoms with Gasteiger partial charge in [-0.3, -0.25) is 9.59 Å². The zero-order valence-corrected chi connectivity index (χ0v) is 14.4. The van der Waals surface area contributed by atoms with E-state index in [9.17, 15) is 9.59 Å². The summed E-state index contributed by atoms with van der Waals surface area (Å²) in [5.74, 6) is 1.16. The van der Waals surface area contributed by atoms with Gasteiger partial charge >= 0.3 is 0 Å². The summed E-state index contributed by atoms with van der Waals surface area (Å²) < 4.78 is 5.67. The molecule has 1 aromatic heterocycles. The number of aryl methyl sites for hydroxylation is 1. The maximum Gasteiger partial charge on any atom is 0.254 e. The highest BCUT2D eigenvalue weighted by atomic mass is 16.3. The Hall–Kier alpha value is -3.34. The smallest absolute Gasteiger partial charge is 0.254 e. The molecule has 0 spiro atoms. The van der Waals surface area contributed by atoms with Crippen molar-refractivity contribution in [1.82, 2.24) is 4.90 Å². The normalized spacial score (nSPS) is 13.0. The van der Waals surface area contributed by atoms with Crippen molar-refractivity contribution in [3.8, 4) is 11.3 Å². The summed E-state index contributed by atoms with van der Waals surface area (Å²) in [4.78, 5) is 26.5. The van der Waals surface area contributed by atoms with Crippen molar-refractivity contribution >= 4 is 17.5 Å². The first-order chi connectivity index (χ1) is 12.6. The van der Waals surface area contributed by atoms with Gasteiger partial charge in [0.2, 0.25) is 5.91 Å². The number of nitrogens with one attached hydrogen (secondary N) is 1. The van der Waals surface area contributed by atoms with Crippen LogP contribution in [0.2, 0.25) is 0 Å². The van der Waals surface area contributed by atoms with E-state index in [1.807, 2.05) is 61.5 Å². The molecule has 26 heavy (non-hydrogen) atoms. The third-order valence-electron chi connectivity index (χ3n) is 4.44. The number of amides is 2. The van der Waals surface area contributed by atoms with Gasteiger partial charge in [-0.2, -0.15) is 0 Å². The molecule has 1 aliphatic heterocycles. The summed E-state index contributed by atoms with van der Waals surface area (Å²) >= 11 is 0. The van der Waals surface area contributed by atoms with Crippen LogP contribution in [0.4, 0.5) is 5.69 Å². The Morgan fingerprint density at radius 3 is 2.50 bits per heavy atom. The lowest BCUT2D eigenvalue weighted by Gasteiger charge is -2.16. The van der Waals surface area contributed by atoms with Gasteiger partial charge in [0.1, 0.15) is 18.1 Å². The van der Waals surface area contributed by atoms with Crippen molar-refractivity contribution in [2.24, 2.45) is 0 Å². The van der Waals surface area contributed by atoms with E-state index in [0.717, 1.165) is 16.9 Å². The number of nitrogens with zero attached hydrogens (tertiary/aromatic N) is 1. The third-order valence-corrected chi connectivity index (χ3v) is 4.44. The topological polar surface area (TPSA) is 62.6 Å². The molecule has 0 saturated heterocycles. The number of benzene rings is 2. The Balaban J connectivity index is 1.49. The zero-order chi connectivity index (χ0) is 18.1. The Bertz CT molecular complexity index is 990. The summed E-state index contributed by atoms with van der Waals surface area (Å²) in [6.07, 6.45) is 0. The summed E-state index contributed by atoms with van der Waals surface area (Å²) in [5, 5.41) is 2.90. The number of para-hydroxylation sites is 1. The highest BCUT2D eigenvalue weighted by molar-refractivity contribution is 6.03. The maximum atomic E-state index is 12.5. The van der Waals surface area contributed by atoms with Gasteiger partial charge in [0.25, 0.3) is 5.91 Å². The zero-order valence-electron chi connectivity index (χ0n) is 14.4. The second kappa shape index (κ2) is 6.52. The molecule has 0 unspecified atom stereocenters. The number of hydrogen-bond acceptors (Lipinski definition) is 3. The van der Waals surface area contributed by atoms with Crippen LogP contribution in [0, 0.1) is 6.92 Å². The lowest BCUT2D eigenvalue weighted by molar-refractivity contribution is -0.116. The Kier molecular flexibility index (Phi) is 4.05. The average molecular weight is 346 g/mol. The molecular weight excluding hydrogens is 328 g/mol. The molecule has 0 atom stereocenters. The molecule has 0 radical (unpaired) electrons. The van der Waals surface area contributed by atoms with Crippen LogP contribution in [0.1, 0.15) is 21.7 Å². The van der Waals surface area contributed by atoms with Crippen molar-refractivity contribution in [1.29, 1.82) is 0 Å². The van der Waals surface area contributed by atoms with Crippen LogP contribution < -0.4 is 5.32 Å². The number of furan rings is 1. The fourth-order valence-corrected chi connectivity index (χ4v) is 3.19. The van der Waals surface area contributed by atoms with E-state index >= 15 is 0 Å². The van der Waals surface area contributed by atoms with Gasteiger partial charge in [-0.15, -0.1) is 0 Å². The van der Waals surface area contributed by atoms with Crippen LogP contribution in [0.5, 0.6) is 0 Å². The van der Waals surface area contributed by atoms with Crippen LogP contribution >= 0.6 is 0 Å². The van der Waals surface area contributed by atoms with Gasteiger partial charge < -0.3 is 14.6 Å². The molecule has 2 heterocycles. The summed E-state index contributed by atoms with van der Waals surface area (Å²) in [6.45, 7) is 2.35. The van der Waals surface area contributed by atoms with Gasteiger partial charge in [-0.25, -0.2) is 0 Å². The van der Waals surface area contributed by atoms with Crippen LogP contribution in [0.15, 0.2) is 65.1 Å². The van der Waals surface area contributed by atoms with Crippen molar-refractivity contribution in [2.45, 2.75) is 13.5 Å². The third kappa shape index (κ3) is 2.99. The molecule has 0 fully saturated rings. The maximum absolute atomic E-state index is 12.5. The van der Waals surface area contributed by atoms with Crippen molar-refractivity contribution in [3.05, 3.63) is 77.6 Å². The Labute approximate surface area is 151 Å². The highest BCUT2D eigenvalue weighted by Crippen LogP contribution is 2.29. The highest BCUT2D eigenvalue weighted by Gasteiger charge is 2.28. The first-order valence-electron chi connectivity index (χ1n) is 8.45. The number of anilines is 1. The molecule has 0 bridgehead atoms. The number of hydrogen-bond donors (Lipinski definition) is 1. The molecule has 130 valence electrons. The predicted octanol–water partition coefficient (Wildman–Crippen LogP) is 3.85. The van der Waals surface area contributed by atoms with Crippen LogP contribution in [0.25, 0.3) is 11.3 Å². The summed E-state index contributed by atoms with van der Waals surface area (Å²) in [7, 11) is 0. The molecule has 5 nitrogen and oxygen atoms in total. The lowest BCUT2D eigenvalue weighted by Crippen LogP contribution is -2.33. The van der Waals surface area contributed by atoms with Gasteiger partial charge in [0.15, 0.2) is 0 Å². The minimum atomic E-state index is -0.234. The second-order valence-electron chi connectivity index (χ2n) is 6.32. The number of carbonyl (C=O) groups excluding carboxylic acids is 2. The monoisotopic (exact) mass is 346 g/mol. The molecule has 4 rings (SSSR count). The molecule has 0 aliphatic carbocycles. The average Bonchev–Trinajstić information content (AvgIpc) is 3.20. The molecule has 0 saturated carbocycles. The number of fused-ring (bicyclic) bond motifs is 1. The van der Waals surface area contributed by atoms with E-state index in [2.05, 4.69) is 5.32 Å². The molecule has 3 aromatic rings. The minimum absolute atomic E-state index is 0.0129. The van der Waals surface area contributed by atoms with Crippen LogP contribution in [-0.2, 0) is 11.3 Å². The van der Waals surface area contributed by atoms with Crippen molar-refractivity contribution in [2.75, 3.05) is 11.9 Å². The fourth-order valence-electron chi connectivity index (χ4n) is 3.19. The van der Waals surface area contributed by atoms with Gasteiger partial charge in [-0.1, -0.05) is 30.3 Å². The molecule has 1 N–H and O–H groups in total. The molecule has 5 heteroatoms. The molecular formula is C21H18N2O3. The first kappa shape index (κ1) is 16.1. The van der Waals surface area contributed by atoms with Crippen LogP contribution in [-0.4, -0.2) is 23.3 Å². The number of rotatable bonds is 4. The SMILES string of the molecule is Cc1ccc(-c2ccccc2NC(=O)CN2Cc3ccccc3C2=O)o1. The first-order valence-corrected chi connectivity index (χ1v) is 8.45.